The minimum atomic E-state index is -5.84. The van der Waals surface area contributed by atoms with Gasteiger partial charge in [-0.3, -0.25) is 9.35 Å². The molecule has 96 valence electrons. The van der Waals surface area contributed by atoms with Gasteiger partial charge in [-0.05, 0) is 6.92 Å². The van der Waals surface area contributed by atoms with Gasteiger partial charge in [0.15, 0.2) is 0 Å². The zero-order chi connectivity index (χ0) is 13.0. The van der Waals surface area contributed by atoms with Crippen molar-refractivity contribution in [1.82, 2.24) is 0 Å². The van der Waals surface area contributed by atoms with Crippen LogP contribution in [0.2, 0.25) is 0 Å². The van der Waals surface area contributed by atoms with E-state index >= 15 is 0 Å². The van der Waals surface area contributed by atoms with Crippen molar-refractivity contribution in [2.45, 2.75) is 31.4 Å². The molecule has 0 saturated carbocycles. The topological polar surface area (TPSA) is 80.7 Å². The van der Waals surface area contributed by atoms with E-state index in [1.165, 1.54) is 0 Å². The second kappa shape index (κ2) is 5.60. The lowest BCUT2D eigenvalue weighted by atomic mass is 10.1. The third-order valence-electron chi connectivity index (χ3n) is 1.59. The van der Waals surface area contributed by atoms with Crippen LogP contribution in [-0.2, 0) is 19.6 Å². The molecule has 1 heterocycles. The predicted molar refractivity (Wildman–Crippen MR) is 47.3 cm³/mol. The van der Waals surface area contributed by atoms with Crippen molar-refractivity contribution in [2.75, 3.05) is 6.61 Å². The highest BCUT2D eigenvalue weighted by Gasteiger charge is 2.44. The highest BCUT2D eigenvalue weighted by Crippen LogP contribution is 2.20. The smallest absolute Gasteiger partial charge is 0.378 e. The summed E-state index contributed by atoms with van der Waals surface area (Å²) in [6, 6.07) is 0. The van der Waals surface area contributed by atoms with Crippen molar-refractivity contribution in [1.29, 1.82) is 0 Å². The molecule has 1 fully saturated rings. The van der Waals surface area contributed by atoms with Gasteiger partial charge in [0.2, 0.25) is 0 Å². The van der Waals surface area contributed by atoms with Gasteiger partial charge in [0, 0.05) is 12.8 Å². The Morgan fingerprint density at radius 1 is 1.44 bits per heavy atom. The lowest BCUT2D eigenvalue weighted by Crippen LogP contribution is -2.22. The zero-order valence-electron chi connectivity index (χ0n) is 8.32. The van der Waals surface area contributed by atoms with Gasteiger partial charge < -0.3 is 4.74 Å². The van der Waals surface area contributed by atoms with Gasteiger partial charge in [-0.2, -0.15) is 21.6 Å². The predicted octanol–water partition coefficient (Wildman–Crippen LogP) is 1.15. The van der Waals surface area contributed by atoms with Crippen molar-refractivity contribution in [3.8, 4) is 0 Å². The fourth-order valence-electron chi connectivity index (χ4n) is 0.856. The standard InChI is InChI=1S/C6H10O2.CHF3O3S/c1-5-4-6(7)2-3-8-5;2-1(3,4)8(5,6)7/h5H,2-4H2,1H3;(H,5,6,7). The fraction of sp³-hybridized carbons (Fsp3) is 0.857. The molecule has 0 radical (unpaired) electrons. The molecule has 1 N–H and O–H groups in total. The minimum absolute atomic E-state index is 0.163. The highest BCUT2D eigenvalue weighted by atomic mass is 32.2. The Morgan fingerprint density at radius 2 is 1.88 bits per heavy atom. The van der Waals surface area contributed by atoms with Crippen molar-refractivity contribution in [2.24, 2.45) is 0 Å². The molecule has 0 aromatic carbocycles. The molecule has 1 rings (SSSR count). The molecule has 0 aliphatic carbocycles. The first-order chi connectivity index (χ1) is 7.04. The van der Waals surface area contributed by atoms with Crippen molar-refractivity contribution < 1.29 is 35.7 Å². The molecule has 5 nitrogen and oxygen atoms in total. The lowest BCUT2D eigenvalue weighted by Gasteiger charge is -2.16. The number of Topliss-reactive ketones (excluding diaryl/α,β-unsaturated/α-hetero) is 1. The van der Waals surface area contributed by atoms with E-state index in [2.05, 4.69) is 0 Å². The summed E-state index contributed by atoms with van der Waals surface area (Å²) in [6.45, 7) is 2.55. The Bertz CT molecular complexity index is 334. The van der Waals surface area contributed by atoms with Crippen molar-refractivity contribution >= 4 is 15.9 Å². The van der Waals surface area contributed by atoms with Gasteiger partial charge in [0.05, 0.1) is 12.7 Å². The maximum Gasteiger partial charge on any atom is 0.522 e. The third-order valence-corrected chi connectivity index (χ3v) is 2.18. The maximum atomic E-state index is 10.7. The average molecular weight is 264 g/mol. The summed E-state index contributed by atoms with van der Waals surface area (Å²) in [5.41, 5.74) is -5.53. The van der Waals surface area contributed by atoms with E-state index in [1.54, 1.807) is 0 Å². The highest BCUT2D eigenvalue weighted by molar-refractivity contribution is 7.86. The Labute approximate surface area is 90.3 Å². The van der Waals surface area contributed by atoms with E-state index in [9.17, 15) is 18.0 Å². The number of carbonyl (C=O) groups excluding carboxylic acids is 1. The lowest BCUT2D eigenvalue weighted by molar-refractivity contribution is -0.127. The normalized spacial score (nSPS) is 22.3. The Hall–Kier alpha value is -0.670. The monoisotopic (exact) mass is 264 g/mol. The summed E-state index contributed by atoms with van der Waals surface area (Å²) in [7, 11) is -5.84. The number of ether oxygens (including phenoxy) is 1. The molecular formula is C7H11F3O5S. The van der Waals surface area contributed by atoms with Gasteiger partial charge in [-0.25, -0.2) is 0 Å². The Kier molecular flexibility index (Phi) is 5.36. The van der Waals surface area contributed by atoms with E-state index in [1.807, 2.05) is 6.92 Å². The molecule has 0 aromatic rings. The van der Waals surface area contributed by atoms with Crippen LogP contribution >= 0.6 is 0 Å². The molecule has 1 saturated heterocycles. The zero-order valence-corrected chi connectivity index (χ0v) is 9.14. The molecule has 0 bridgehead atoms. The van der Waals surface area contributed by atoms with Crippen LogP contribution in [0.5, 0.6) is 0 Å². The van der Waals surface area contributed by atoms with Gasteiger partial charge in [0.25, 0.3) is 0 Å². The van der Waals surface area contributed by atoms with Crippen LogP contribution in [-0.4, -0.2) is 37.0 Å². The molecule has 9 heteroatoms. The molecule has 1 aliphatic heterocycles. The van der Waals surface area contributed by atoms with Crippen LogP contribution in [0.1, 0.15) is 19.8 Å². The summed E-state index contributed by atoms with van der Waals surface area (Å²) in [5.74, 6) is 0.337. The van der Waals surface area contributed by atoms with E-state index in [0.717, 1.165) is 0 Å². The molecular weight excluding hydrogens is 253 g/mol. The molecule has 0 aromatic heterocycles. The summed E-state index contributed by atoms with van der Waals surface area (Å²) in [4.78, 5) is 10.6. The quantitative estimate of drug-likeness (QED) is 0.524. The summed E-state index contributed by atoms with van der Waals surface area (Å²) in [6.07, 6.45) is 1.39. The molecule has 16 heavy (non-hydrogen) atoms. The first kappa shape index (κ1) is 15.3. The van der Waals surface area contributed by atoms with Gasteiger partial charge in [-0.1, -0.05) is 0 Å². The van der Waals surface area contributed by atoms with Crippen LogP contribution < -0.4 is 0 Å². The fourth-order valence-corrected chi connectivity index (χ4v) is 0.856. The van der Waals surface area contributed by atoms with Gasteiger partial charge in [-0.15, -0.1) is 0 Å². The third kappa shape index (κ3) is 6.03. The number of alkyl halides is 3. The first-order valence-electron chi connectivity index (χ1n) is 4.21. The van der Waals surface area contributed by atoms with Crippen LogP contribution in [0, 0.1) is 0 Å². The number of hydrogen-bond acceptors (Lipinski definition) is 4. The van der Waals surface area contributed by atoms with Crippen LogP contribution in [0.25, 0.3) is 0 Å². The molecule has 1 atom stereocenters. The minimum Gasteiger partial charge on any atom is -0.378 e. The van der Waals surface area contributed by atoms with Crippen LogP contribution in [0.3, 0.4) is 0 Å². The maximum absolute atomic E-state index is 10.7. The Morgan fingerprint density at radius 3 is 2.06 bits per heavy atom. The summed E-state index contributed by atoms with van der Waals surface area (Å²) >= 11 is 0. The van der Waals surface area contributed by atoms with E-state index in [0.29, 0.717) is 25.2 Å². The summed E-state index contributed by atoms with van der Waals surface area (Å²) in [5, 5.41) is 0. The largest absolute Gasteiger partial charge is 0.522 e. The van der Waals surface area contributed by atoms with Crippen molar-refractivity contribution in [3.05, 3.63) is 0 Å². The average Bonchev–Trinajstić information content (AvgIpc) is 2.00. The number of halogens is 3. The molecule has 0 amide bonds. The number of hydrogen-bond donors (Lipinski definition) is 1. The van der Waals surface area contributed by atoms with E-state index in [4.69, 9.17) is 17.7 Å². The van der Waals surface area contributed by atoms with E-state index in [-0.39, 0.29) is 6.10 Å². The number of ketones is 1. The van der Waals surface area contributed by atoms with Crippen LogP contribution in [0.15, 0.2) is 0 Å². The van der Waals surface area contributed by atoms with Gasteiger partial charge in [0.1, 0.15) is 5.78 Å². The first-order valence-corrected chi connectivity index (χ1v) is 5.65. The second-order valence-electron chi connectivity index (χ2n) is 3.10. The number of carbonyl (C=O) groups is 1. The van der Waals surface area contributed by atoms with E-state index < -0.39 is 15.6 Å². The molecule has 1 unspecified atom stereocenters. The second-order valence-corrected chi connectivity index (χ2v) is 4.51. The van der Waals surface area contributed by atoms with Crippen molar-refractivity contribution in [3.63, 3.8) is 0 Å². The van der Waals surface area contributed by atoms with Gasteiger partial charge >= 0.3 is 15.6 Å². The number of rotatable bonds is 0. The molecule has 1 aliphatic rings. The van der Waals surface area contributed by atoms with Crippen LogP contribution in [0.4, 0.5) is 13.2 Å². The SMILES string of the molecule is CC1CC(=O)CCO1.O=S(=O)(O)C(F)(F)F. The Balaban J connectivity index is 0.000000281. The summed E-state index contributed by atoms with van der Waals surface area (Å²) < 4.78 is 62.7. The molecule has 0 spiro atoms.